The zero-order valence-corrected chi connectivity index (χ0v) is 11.9. The van der Waals surface area contributed by atoms with Crippen LogP contribution in [0.15, 0.2) is 6.20 Å². The van der Waals surface area contributed by atoms with E-state index in [9.17, 15) is 28.1 Å². The monoisotopic (exact) mass is 332 g/mol. The lowest BCUT2D eigenvalue weighted by molar-refractivity contribution is -0.385. The van der Waals surface area contributed by atoms with Crippen LogP contribution in [0.1, 0.15) is 17.1 Å². The van der Waals surface area contributed by atoms with E-state index in [2.05, 4.69) is 20.6 Å². The molecule has 0 radical (unpaired) electrons. The van der Waals surface area contributed by atoms with Crippen LogP contribution in [-0.4, -0.2) is 30.8 Å². The summed E-state index contributed by atoms with van der Waals surface area (Å²) in [5.74, 6) is -0.822. The van der Waals surface area contributed by atoms with Gasteiger partial charge in [-0.1, -0.05) is 0 Å². The van der Waals surface area contributed by atoms with E-state index in [4.69, 9.17) is 0 Å². The molecule has 2 rings (SSSR count). The molecular formula is C11H11F3N6O3. The molecule has 0 atom stereocenters. The number of amides is 1. The molecule has 9 nitrogen and oxygen atoms in total. The molecule has 0 aliphatic rings. The molecule has 2 aromatic rings. The van der Waals surface area contributed by atoms with Crippen LogP contribution in [0.4, 0.5) is 24.5 Å². The molecule has 0 aliphatic carbocycles. The first-order chi connectivity index (χ1) is 10.6. The van der Waals surface area contributed by atoms with E-state index in [1.165, 1.54) is 13.8 Å². The number of nitro groups is 1. The number of nitrogens with one attached hydrogen (secondary N) is 2. The van der Waals surface area contributed by atoms with Crippen LogP contribution in [-0.2, 0) is 17.5 Å². The maximum absolute atomic E-state index is 12.8. The molecule has 23 heavy (non-hydrogen) atoms. The largest absolute Gasteiger partial charge is 0.437 e. The van der Waals surface area contributed by atoms with E-state index in [1.54, 1.807) is 0 Å². The van der Waals surface area contributed by atoms with Crippen molar-refractivity contribution in [3.8, 4) is 0 Å². The molecular weight excluding hydrogens is 321 g/mol. The Morgan fingerprint density at radius 3 is 2.65 bits per heavy atom. The number of carbonyl (C=O) groups is 1. The normalized spacial score (nSPS) is 11.5. The second-order valence-corrected chi connectivity index (χ2v) is 4.67. The molecule has 0 unspecified atom stereocenters. The third-order valence-electron chi connectivity index (χ3n) is 2.90. The Balaban J connectivity index is 2.16. The highest BCUT2D eigenvalue weighted by Gasteiger charge is 2.38. The molecule has 124 valence electrons. The molecule has 0 fully saturated rings. The van der Waals surface area contributed by atoms with E-state index in [0.717, 1.165) is 10.9 Å². The summed E-state index contributed by atoms with van der Waals surface area (Å²) in [4.78, 5) is 21.9. The fraction of sp³-hybridized carbons (Fsp3) is 0.364. The number of rotatable bonds is 4. The fourth-order valence-corrected chi connectivity index (χ4v) is 1.88. The van der Waals surface area contributed by atoms with Gasteiger partial charge in [-0.05, 0) is 13.8 Å². The van der Waals surface area contributed by atoms with Crippen molar-refractivity contribution in [3.05, 3.63) is 33.4 Å². The summed E-state index contributed by atoms with van der Waals surface area (Å²) in [5.41, 5.74) is -1.88. The highest BCUT2D eigenvalue weighted by atomic mass is 19.4. The van der Waals surface area contributed by atoms with Crippen molar-refractivity contribution < 1.29 is 22.9 Å². The van der Waals surface area contributed by atoms with Gasteiger partial charge in [-0.25, -0.2) is 0 Å². The quantitative estimate of drug-likeness (QED) is 0.653. The molecule has 0 bridgehead atoms. The zero-order chi connectivity index (χ0) is 17.4. The average Bonchev–Trinajstić information content (AvgIpc) is 2.93. The van der Waals surface area contributed by atoms with E-state index < -0.39 is 34.9 Å². The lowest BCUT2D eigenvalue weighted by atomic mass is 10.3. The van der Waals surface area contributed by atoms with E-state index in [-0.39, 0.29) is 17.1 Å². The molecule has 2 N–H and O–H groups in total. The van der Waals surface area contributed by atoms with Gasteiger partial charge in [-0.3, -0.25) is 24.7 Å². The van der Waals surface area contributed by atoms with Crippen molar-refractivity contribution in [2.45, 2.75) is 26.6 Å². The molecule has 0 spiro atoms. The highest BCUT2D eigenvalue weighted by Crippen LogP contribution is 2.34. The lowest BCUT2D eigenvalue weighted by Gasteiger charge is -2.08. The Morgan fingerprint density at radius 1 is 1.48 bits per heavy atom. The SMILES string of the molecule is Cc1nn(CC(=O)Nc2c(C(F)(F)F)n[nH]c2C)cc1[N+](=O)[O-]. The fourth-order valence-electron chi connectivity index (χ4n) is 1.88. The van der Waals surface area contributed by atoms with Gasteiger partial charge in [0.05, 0.1) is 16.3 Å². The van der Waals surface area contributed by atoms with Crippen LogP contribution in [0.5, 0.6) is 0 Å². The van der Waals surface area contributed by atoms with Gasteiger partial charge in [0.2, 0.25) is 5.91 Å². The number of aryl methyl sites for hydroxylation is 2. The van der Waals surface area contributed by atoms with Crippen LogP contribution in [0.25, 0.3) is 0 Å². The Hall–Kier alpha value is -2.92. The zero-order valence-electron chi connectivity index (χ0n) is 11.9. The summed E-state index contributed by atoms with van der Waals surface area (Å²) >= 11 is 0. The summed E-state index contributed by atoms with van der Waals surface area (Å²) < 4.78 is 39.3. The van der Waals surface area contributed by atoms with Crippen LogP contribution < -0.4 is 5.32 Å². The lowest BCUT2D eigenvalue weighted by Crippen LogP contribution is -2.21. The number of nitrogens with zero attached hydrogens (tertiary/aromatic N) is 4. The van der Waals surface area contributed by atoms with Crippen LogP contribution in [0, 0.1) is 24.0 Å². The van der Waals surface area contributed by atoms with Gasteiger partial charge >= 0.3 is 11.9 Å². The average molecular weight is 332 g/mol. The first-order valence-electron chi connectivity index (χ1n) is 6.20. The van der Waals surface area contributed by atoms with Gasteiger partial charge in [0.25, 0.3) is 0 Å². The van der Waals surface area contributed by atoms with E-state index >= 15 is 0 Å². The van der Waals surface area contributed by atoms with Crippen molar-refractivity contribution in [3.63, 3.8) is 0 Å². The standard InChI is InChI=1S/C11H11F3N6O3/c1-5-7(20(22)23)3-19(18-5)4-8(21)15-9-6(2)16-17-10(9)11(12,13)14/h3H,4H2,1-2H3,(H,15,21)(H,16,17). The Labute approximate surface area is 126 Å². The van der Waals surface area contributed by atoms with Crippen molar-refractivity contribution in [1.29, 1.82) is 0 Å². The van der Waals surface area contributed by atoms with Gasteiger partial charge in [0.15, 0.2) is 5.69 Å². The van der Waals surface area contributed by atoms with Crippen molar-refractivity contribution in [2.24, 2.45) is 0 Å². The van der Waals surface area contributed by atoms with Crippen molar-refractivity contribution in [1.82, 2.24) is 20.0 Å². The number of carbonyl (C=O) groups excluding carboxylic acids is 1. The molecule has 2 aromatic heterocycles. The number of aromatic amines is 1. The molecule has 12 heteroatoms. The summed E-state index contributed by atoms with van der Waals surface area (Å²) in [6.07, 6.45) is -3.70. The number of anilines is 1. The second kappa shape index (κ2) is 5.70. The number of alkyl halides is 3. The first-order valence-corrected chi connectivity index (χ1v) is 6.20. The Kier molecular flexibility index (Phi) is 4.08. The Bertz CT molecular complexity index is 764. The van der Waals surface area contributed by atoms with Gasteiger partial charge < -0.3 is 5.32 Å². The number of halogens is 3. The minimum absolute atomic E-state index is 0.0355. The van der Waals surface area contributed by atoms with Crippen molar-refractivity contribution >= 4 is 17.3 Å². The highest BCUT2D eigenvalue weighted by molar-refractivity contribution is 5.91. The maximum atomic E-state index is 12.8. The van der Waals surface area contributed by atoms with Crippen molar-refractivity contribution in [2.75, 3.05) is 5.32 Å². The van der Waals surface area contributed by atoms with Gasteiger partial charge in [0.1, 0.15) is 18.4 Å². The smallest absolute Gasteiger partial charge is 0.321 e. The summed E-state index contributed by atoms with van der Waals surface area (Å²) in [5, 5.41) is 21.8. The summed E-state index contributed by atoms with van der Waals surface area (Å²) in [7, 11) is 0. The molecule has 0 aliphatic heterocycles. The molecule has 0 saturated carbocycles. The minimum atomic E-state index is -4.73. The van der Waals surface area contributed by atoms with Crippen LogP contribution in [0.2, 0.25) is 0 Å². The van der Waals surface area contributed by atoms with E-state index in [1.807, 2.05) is 0 Å². The third-order valence-corrected chi connectivity index (χ3v) is 2.90. The minimum Gasteiger partial charge on any atom is -0.321 e. The second-order valence-electron chi connectivity index (χ2n) is 4.67. The van der Waals surface area contributed by atoms with E-state index in [0.29, 0.717) is 0 Å². The number of aromatic nitrogens is 4. The predicted molar refractivity (Wildman–Crippen MR) is 70.6 cm³/mol. The predicted octanol–water partition coefficient (Wildman–Crippen LogP) is 1.79. The molecule has 2 heterocycles. The summed E-state index contributed by atoms with van der Waals surface area (Å²) in [6, 6.07) is 0. The van der Waals surface area contributed by atoms with Crippen LogP contribution in [0.3, 0.4) is 0 Å². The number of hydrogen-bond donors (Lipinski definition) is 2. The van der Waals surface area contributed by atoms with Gasteiger partial charge in [-0.15, -0.1) is 0 Å². The Morgan fingerprint density at radius 2 is 2.13 bits per heavy atom. The number of hydrogen-bond acceptors (Lipinski definition) is 5. The molecule has 0 saturated heterocycles. The molecule has 1 amide bonds. The van der Waals surface area contributed by atoms with Gasteiger partial charge in [0, 0.05) is 0 Å². The van der Waals surface area contributed by atoms with Crippen LogP contribution >= 0.6 is 0 Å². The summed E-state index contributed by atoms with van der Waals surface area (Å²) in [6.45, 7) is 2.23. The van der Waals surface area contributed by atoms with Gasteiger partial charge in [-0.2, -0.15) is 23.4 Å². The third kappa shape index (κ3) is 3.46. The molecule has 0 aromatic carbocycles. The maximum Gasteiger partial charge on any atom is 0.437 e. The number of H-pyrrole nitrogens is 1. The topological polar surface area (TPSA) is 119 Å². The first kappa shape index (κ1) is 16.5.